The van der Waals surface area contributed by atoms with Gasteiger partial charge in [-0.2, -0.15) is 13.2 Å². The topological polar surface area (TPSA) is 102 Å². The molecule has 1 aromatic rings. The minimum atomic E-state index is -4.50. The predicted octanol–water partition coefficient (Wildman–Crippen LogP) is 3.09. The highest BCUT2D eigenvalue weighted by Gasteiger charge is 2.42. The summed E-state index contributed by atoms with van der Waals surface area (Å²) in [7, 11) is 0. The normalized spacial score (nSPS) is 16.8. The number of halogens is 3. The third-order valence-electron chi connectivity index (χ3n) is 4.74. The van der Waals surface area contributed by atoms with E-state index in [0.29, 0.717) is 0 Å². The summed E-state index contributed by atoms with van der Waals surface area (Å²) in [5, 5.41) is 2.55. The van der Waals surface area contributed by atoms with E-state index >= 15 is 0 Å². The lowest BCUT2D eigenvalue weighted by molar-refractivity contribution is -0.137. The van der Waals surface area contributed by atoms with Crippen LogP contribution in [-0.2, 0) is 20.5 Å². The van der Waals surface area contributed by atoms with Crippen molar-refractivity contribution < 1.29 is 32.3 Å². The maximum absolute atomic E-state index is 12.8. The molecule has 1 fully saturated rings. The highest BCUT2D eigenvalue weighted by atomic mass is 19.4. The number of rotatable bonds is 4. The Hall–Kier alpha value is -3.04. The Kier molecular flexibility index (Phi) is 7.03. The number of nitrogens with two attached hydrogens (primary N) is 1. The van der Waals surface area contributed by atoms with Crippen LogP contribution >= 0.6 is 0 Å². The molecule has 1 saturated heterocycles. The lowest BCUT2D eigenvalue weighted by atomic mass is 9.86. The summed E-state index contributed by atoms with van der Waals surface area (Å²) in [6.07, 6.45) is -2.59. The Morgan fingerprint density at radius 2 is 1.77 bits per heavy atom. The van der Waals surface area contributed by atoms with E-state index in [4.69, 9.17) is 10.5 Å². The van der Waals surface area contributed by atoms with Gasteiger partial charge in [-0.3, -0.25) is 9.59 Å². The number of ether oxygens (including phenoxy) is 1. The molecule has 31 heavy (non-hydrogen) atoms. The average Bonchev–Trinajstić information content (AvgIpc) is 2.65. The number of piperidine rings is 1. The molecule has 1 aliphatic heterocycles. The standard InChI is InChI=1S/C21H26F3N3O4/c1-19(2,3)31-18(30)27-11-9-20(10-12-27,17(25)29)26-16(28)8-7-14-5-4-6-15(13-14)21(22,23)24/h4-8,13H,9-12H2,1-3H3,(H2,25,29)(H,26,28)/b8-7+. The number of primary amides is 1. The molecule has 2 rings (SSSR count). The van der Waals surface area contributed by atoms with Gasteiger partial charge in [0, 0.05) is 19.2 Å². The molecule has 0 radical (unpaired) electrons. The van der Waals surface area contributed by atoms with Gasteiger partial charge in [0.05, 0.1) is 5.56 Å². The molecule has 0 bridgehead atoms. The third-order valence-corrected chi connectivity index (χ3v) is 4.74. The second kappa shape index (κ2) is 8.99. The van der Waals surface area contributed by atoms with Crippen LogP contribution in [0, 0.1) is 0 Å². The number of alkyl halides is 3. The van der Waals surface area contributed by atoms with Crippen molar-refractivity contribution >= 4 is 24.0 Å². The first-order chi connectivity index (χ1) is 14.2. The van der Waals surface area contributed by atoms with Gasteiger partial charge in [-0.25, -0.2) is 4.79 Å². The van der Waals surface area contributed by atoms with Gasteiger partial charge < -0.3 is 20.7 Å². The molecule has 1 aromatic carbocycles. The second-order valence-electron chi connectivity index (χ2n) is 8.36. The van der Waals surface area contributed by atoms with E-state index in [1.54, 1.807) is 20.8 Å². The van der Waals surface area contributed by atoms with E-state index in [1.165, 1.54) is 23.1 Å². The molecule has 0 saturated carbocycles. The van der Waals surface area contributed by atoms with Crippen LogP contribution in [0.4, 0.5) is 18.0 Å². The van der Waals surface area contributed by atoms with Crippen LogP contribution in [0.2, 0.25) is 0 Å². The summed E-state index contributed by atoms with van der Waals surface area (Å²) in [5.74, 6) is -1.43. The van der Waals surface area contributed by atoms with Crippen LogP contribution in [0.3, 0.4) is 0 Å². The summed E-state index contributed by atoms with van der Waals surface area (Å²) in [4.78, 5) is 38.0. The van der Waals surface area contributed by atoms with E-state index in [9.17, 15) is 27.6 Å². The van der Waals surface area contributed by atoms with Crippen molar-refractivity contribution in [2.75, 3.05) is 13.1 Å². The number of amides is 3. The number of hydrogen-bond acceptors (Lipinski definition) is 4. The number of benzene rings is 1. The Labute approximate surface area is 178 Å². The van der Waals surface area contributed by atoms with Crippen molar-refractivity contribution in [3.8, 4) is 0 Å². The van der Waals surface area contributed by atoms with Crippen LogP contribution < -0.4 is 11.1 Å². The van der Waals surface area contributed by atoms with Crippen molar-refractivity contribution in [3.63, 3.8) is 0 Å². The molecule has 1 aliphatic rings. The molecule has 3 amide bonds. The van der Waals surface area contributed by atoms with Gasteiger partial charge in [-0.1, -0.05) is 12.1 Å². The summed E-state index contributed by atoms with van der Waals surface area (Å²) in [6.45, 7) is 5.50. The molecular weight excluding hydrogens is 415 g/mol. The van der Waals surface area contributed by atoms with Gasteiger partial charge in [0.1, 0.15) is 11.1 Å². The molecular formula is C21H26F3N3O4. The molecule has 3 N–H and O–H groups in total. The molecule has 170 valence electrons. The molecule has 10 heteroatoms. The zero-order chi connectivity index (χ0) is 23.4. The lowest BCUT2D eigenvalue weighted by Crippen LogP contribution is -2.62. The Morgan fingerprint density at radius 1 is 1.16 bits per heavy atom. The SMILES string of the molecule is CC(C)(C)OC(=O)N1CCC(NC(=O)/C=C/c2cccc(C(F)(F)F)c2)(C(N)=O)CC1. The van der Waals surface area contributed by atoms with Crippen molar-refractivity contribution in [1.82, 2.24) is 10.2 Å². The Balaban J connectivity index is 2.04. The number of carbonyl (C=O) groups excluding carboxylic acids is 3. The highest BCUT2D eigenvalue weighted by molar-refractivity contribution is 5.97. The van der Waals surface area contributed by atoms with Gasteiger partial charge in [0.15, 0.2) is 0 Å². The second-order valence-corrected chi connectivity index (χ2v) is 8.36. The summed E-state index contributed by atoms with van der Waals surface area (Å²) >= 11 is 0. The van der Waals surface area contributed by atoms with Gasteiger partial charge in [-0.05, 0) is 57.4 Å². The molecule has 0 unspecified atom stereocenters. The van der Waals surface area contributed by atoms with Crippen molar-refractivity contribution in [2.45, 2.75) is 50.9 Å². The Bertz CT molecular complexity index is 867. The van der Waals surface area contributed by atoms with Crippen LogP contribution in [0.15, 0.2) is 30.3 Å². The fourth-order valence-corrected chi connectivity index (χ4v) is 3.10. The van der Waals surface area contributed by atoms with Crippen molar-refractivity contribution in [1.29, 1.82) is 0 Å². The molecule has 1 heterocycles. The monoisotopic (exact) mass is 441 g/mol. The maximum Gasteiger partial charge on any atom is 0.416 e. The smallest absolute Gasteiger partial charge is 0.416 e. The van der Waals surface area contributed by atoms with E-state index in [-0.39, 0.29) is 31.5 Å². The van der Waals surface area contributed by atoms with E-state index in [0.717, 1.165) is 18.2 Å². The van der Waals surface area contributed by atoms with Gasteiger partial charge in [0.2, 0.25) is 11.8 Å². The molecule has 7 nitrogen and oxygen atoms in total. The molecule has 0 spiro atoms. The first kappa shape index (κ1) is 24.2. The molecule has 0 aliphatic carbocycles. The van der Waals surface area contributed by atoms with E-state index < -0.39 is 40.8 Å². The highest BCUT2D eigenvalue weighted by Crippen LogP contribution is 2.30. The van der Waals surface area contributed by atoms with E-state index in [1.807, 2.05) is 0 Å². The number of likely N-dealkylation sites (tertiary alicyclic amines) is 1. The third kappa shape index (κ3) is 6.73. The van der Waals surface area contributed by atoms with E-state index in [2.05, 4.69) is 5.32 Å². The van der Waals surface area contributed by atoms with Crippen LogP contribution in [0.1, 0.15) is 44.7 Å². The first-order valence-electron chi connectivity index (χ1n) is 9.67. The zero-order valence-electron chi connectivity index (χ0n) is 17.6. The van der Waals surface area contributed by atoms with Gasteiger partial charge >= 0.3 is 12.3 Å². The number of hydrogen-bond donors (Lipinski definition) is 2. The maximum atomic E-state index is 12.8. The van der Waals surface area contributed by atoms with Crippen molar-refractivity contribution in [3.05, 3.63) is 41.5 Å². The van der Waals surface area contributed by atoms with Crippen molar-refractivity contribution in [2.24, 2.45) is 5.73 Å². The average molecular weight is 441 g/mol. The minimum Gasteiger partial charge on any atom is -0.444 e. The van der Waals surface area contributed by atoms with Crippen LogP contribution in [-0.4, -0.2) is 47.0 Å². The number of nitrogens with one attached hydrogen (secondary N) is 1. The number of nitrogens with zero attached hydrogens (tertiary/aromatic N) is 1. The zero-order valence-corrected chi connectivity index (χ0v) is 17.6. The number of carbonyl (C=O) groups is 3. The lowest BCUT2D eigenvalue weighted by Gasteiger charge is -2.40. The minimum absolute atomic E-state index is 0.0880. The predicted molar refractivity (Wildman–Crippen MR) is 108 cm³/mol. The van der Waals surface area contributed by atoms with Gasteiger partial charge in [0.25, 0.3) is 0 Å². The summed E-state index contributed by atoms with van der Waals surface area (Å²) in [6, 6.07) is 4.49. The Morgan fingerprint density at radius 3 is 2.29 bits per heavy atom. The quantitative estimate of drug-likeness (QED) is 0.701. The molecule has 0 atom stereocenters. The molecule has 0 aromatic heterocycles. The summed E-state index contributed by atoms with van der Waals surface area (Å²) in [5.41, 5.74) is 2.82. The van der Waals surface area contributed by atoms with Gasteiger partial charge in [-0.15, -0.1) is 0 Å². The van der Waals surface area contributed by atoms with Crippen LogP contribution in [0.5, 0.6) is 0 Å². The fraction of sp³-hybridized carbons (Fsp3) is 0.476. The first-order valence-corrected chi connectivity index (χ1v) is 9.67. The summed E-state index contributed by atoms with van der Waals surface area (Å²) < 4.78 is 43.7. The largest absolute Gasteiger partial charge is 0.444 e. The fourth-order valence-electron chi connectivity index (χ4n) is 3.10. The van der Waals surface area contributed by atoms with Crippen LogP contribution in [0.25, 0.3) is 6.08 Å².